The number of halogens is 3. The molecular weight excluding hydrogens is 405 g/mol. The van der Waals surface area contributed by atoms with E-state index in [1.54, 1.807) is 6.92 Å². The lowest BCUT2D eigenvalue weighted by Gasteiger charge is -2.10. The van der Waals surface area contributed by atoms with Gasteiger partial charge in [0.25, 0.3) is 0 Å². The van der Waals surface area contributed by atoms with E-state index in [1.165, 1.54) is 12.1 Å². The molecule has 0 heterocycles. The number of ether oxygens (including phenoxy) is 1. The van der Waals surface area contributed by atoms with Crippen molar-refractivity contribution in [1.29, 1.82) is 0 Å². The van der Waals surface area contributed by atoms with Crippen molar-refractivity contribution in [3.05, 3.63) is 26.7 Å². The van der Waals surface area contributed by atoms with E-state index in [-0.39, 0.29) is 33.9 Å². The molecule has 0 saturated heterocycles. The summed E-state index contributed by atoms with van der Waals surface area (Å²) in [7, 11) is -3.84. The Morgan fingerprint density at radius 2 is 1.90 bits per heavy atom. The van der Waals surface area contributed by atoms with Gasteiger partial charge in [0.05, 0.1) is 16.7 Å². The minimum Gasteiger partial charge on any atom is -0.466 e. The van der Waals surface area contributed by atoms with E-state index >= 15 is 0 Å². The summed E-state index contributed by atoms with van der Waals surface area (Å²) in [5.41, 5.74) is 0. The van der Waals surface area contributed by atoms with Gasteiger partial charge < -0.3 is 4.74 Å². The van der Waals surface area contributed by atoms with Gasteiger partial charge in [-0.25, -0.2) is 13.1 Å². The zero-order valence-electron chi connectivity index (χ0n) is 11.2. The predicted molar refractivity (Wildman–Crippen MR) is 85.2 cm³/mol. The summed E-state index contributed by atoms with van der Waals surface area (Å²) >= 11 is 15.0. The Hall–Kier alpha value is -0.340. The Bertz CT molecular complexity index is 599. The fraction of sp³-hybridized carbons (Fsp3) is 0.417. The molecule has 1 aromatic rings. The lowest BCUT2D eigenvalue weighted by molar-refractivity contribution is -0.143. The Balaban J connectivity index is 2.69. The lowest BCUT2D eigenvalue weighted by atomic mass is 10.3. The first-order chi connectivity index (χ1) is 9.77. The number of esters is 1. The number of benzene rings is 1. The number of sulfonamides is 1. The number of hydrogen-bond donors (Lipinski definition) is 1. The summed E-state index contributed by atoms with van der Waals surface area (Å²) in [5, 5.41) is 0.0412. The Kier molecular flexibility index (Phi) is 7.42. The van der Waals surface area contributed by atoms with Crippen LogP contribution in [-0.4, -0.2) is 27.5 Å². The Labute approximate surface area is 142 Å². The second kappa shape index (κ2) is 8.33. The average Bonchev–Trinajstić information content (AvgIpc) is 2.33. The van der Waals surface area contributed by atoms with Gasteiger partial charge in [0.1, 0.15) is 4.90 Å². The summed E-state index contributed by atoms with van der Waals surface area (Å²) < 4.78 is 32.0. The molecule has 0 atom stereocenters. The van der Waals surface area contributed by atoms with Gasteiger partial charge in [-0.2, -0.15) is 0 Å². The van der Waals surface area contributed by atoms with Crippen molar-refractivity contribution >= 4 is 55.1 Å². The minimum atomic E-state index is -3.84. The third kappa shape index (κ3) is 5.75. The molecule has 0 fully saturated rings. The first kappa shape index (κ1) is 18.7. The summed E-state index contributed by atoms with van der Waals surface area (Å²) in [4.78, 5) is 11.0. The molecular formula is C12H14BrCl2NO4S. The second-order valence-corrected chi connectivity index (χ2v) is 7.44. The molecule has 0 aliphatic heterocycles. The number of carbonyl (C=O) groups is 1. The summed E-state index contributed by atoms with van der Waals surface area (Å²) in [5.74, 6) is -0.364. The first-order valence-corrected chi connectivity index (χ1v) is 9.11. The summed E-state index contributed by atoms with van der Waals surface area (Å²) in [6, 6.07) is 2.89. The fourth-order valence-corrected chi connectivity index (χ4v) is 4.54. The fourth-order valence-electron chi connectivity index (χ4n) is 1.53. The third-order valence-electron chi connectivity index (χ3n) is 2.39. The Morgan fingerprint density at radius 1 is 1.33 bits per heavy atom. The molecule has 118 valence electrons. The van der Waals surface area contributed by atoms with Crippen molar-refractivity contribution in [3.8, 4) is 0 Å². The quantitative estimate of drug-likeness (QED) is 0.544. The van der Waals surface area contributed by atoms with Gasteiger partial charge in [0, 0.05) is 17.4 Å². The van der Waals surface area contributed by atoms with Crippen LogP contribution in [0.3, 0.4) is 0 Å². The highest BCUT2D eigenvalue weighted by molar-refractivity contribution is 9.10. The van der Waals surface area contributed by atoms with E-state index < -0.39 is 10.0 Å². The molecule has 0 saturated carbocycles. The number of rotatable bonds is 7. The predicted octanol–water partition coefficient (Wildman–Crippen LogP) is 3.38. The zero-order chi connectivity index (χ0) is 16.0. The molecule has 0 aliphatic rings. The number of nitrogens with one attached hydrogen (secondary N) is 1. The highest BCUT2D eigenvalue weighted by atomic mass is 79.9. The maximum absolute atomic E-state index is 12.1. The standard InChI is InChI=1S/C12H14BrCl2NO4S/c1-2-20-11(17)4-3-5-16-21(18,19)12-9(14)6-8(13)7-10(12)15/h6-7,16H,2-5H2,1H3. The molecule has 0 amide bonds. The van der Waals surface area contributed by atoms with E-state index in [0.717, 1.165) is 0 Å². The van der Waals surface area contributed by atoms with Gasteiger partial charge in [0.2, 0.25) is 10.0 Å². The van der Waals surface area contributed by atoms with Crippen LogP contribution < -0.4 is 4.72 Å². The molecule has 0 aliphatic carbocycles. The number of carbonyl (C=O) groups excluding carboxylic acids is 1. The van der Waals surface area contributed by atoms with Crippen LogP contribution in [0, 0.1) is 0 Å². The SMILES string of the molecule is CCOC(=O)CCCNS(=O)(=O)c1c(Cl)cc(Br)cc1Cl. The van der Waals surface area contributed by atoms with Crippen molar-refractivity contribution in [2.24, 2.45) is 0 Å². The van der Waals surface area contributed by atoms with Crippen LogP contribution in [0.4, 0.5) is 0 Å². The van der Waals surface area contributed by atoms with Crippen LogP contribution in [0.2, 0.25) is 10.0 Å². The van der Waals surface area contributed by atoms with Gasteiger partial charge in [-0.05, 0) is 25.5 Å². The molecule has 21 heavy (non-hydrogen) atoms. The van der Waals surface area contributed by atoms with Gasteiger partial charge >= 0.3 is 5.97 Å². The van der Waals surface area contributed by atoms with Crippen molar-refractivity contribution < 1.29 is 17.9 Å². The van der Waals surface area contributed by atoms with E-state index in [9.17, 15) is 13.2 Å². The van der Waals surface area contributed by atoms with Crippen LogP contribution in [0.5, 0.6) is 0 Å². The van der Waals surface area contributed by atoms with Crippen LogP contribution >= 0.6 is 39.1 Å². The van der Waals surface area contributed by atoms with Gasteiger partial charge in [0.15, 0.2) is 0 Å². The molecule has 1 N–H and O–H groups in total. The lowest BCUT2D eigenvalue weighted by Crippen LogP contribution is -2.26. The molecule has 0 radical (unpaired) electrons. The first-order valence-electron chi connectivity index (χ1n) is 6.07. The van der Waals surface area contributed by atoms with E-state index in [0.29, 0.717) is 17.5 Å². The normalized spacial score (nSPS) is 11.4. The van der Waals surface area contributed by atoms with Crippen LogP contribution in [0.25, 0.3) is 0 Å². The van der Waals surface area contributed by atoms with Gasteiger partial charge in [-0.1, -0.05) is 39.1 Å². The topological polar surface area (TPSA) is 72.5 Å². The maximum Gasteiger partial charge on any atom is 0.305 e. The molecule has 0 spiro atoms. The largest absolute Gasteiger partial charge is 0.466 e. The number of hydrogen-bond acceptors (Lipinski definition) is 4. The minimum absolute atomic E-state index is 0.0206. The summed E-state index contributed by atoms with van der Waals surface area (Å²) in [6.45, 7) is 2.09. The van der Waals surface area contributed by atoms with E-state index in [1.807, 2.05) is 0 Å². The van der Waals surface area contributed by atoms with E-state index in [2.05, 4.69) is 20.7 Å². The monoisotopic (exact) mass is 417 g/mol. The van der Waals surface area contributed by atoms with Crippen molar-refractivity contribution in [2.45, 2.75) is 24.7 Å². The maximum atomic E-state index is 12.1. The van der Waals surface area contributed by atoms with E-state index in [4.69, 9.17) is 27.9 Å². The zero-order valence-corrected chi connectivity index (χ0v) is 15.1. The highest BCUT2D eigenvalue weighted by Crippen LogP contribution is 2.32. The average molecular weight is 419 g/mol. The van der Waals surface area contributed by atoms with Crippen molar-refractivity contribution in [2.75, 3.05) is 13.2 Å². The molecule has 1 rings (SSSR count). The second-order valence-electron chi connectivity index (χ2n) is 4.00. The van der Waals surface area contributed by atoms with Crippen LogP contribution in [0.1, 0.15) is 19.8 Å². The molecule has 0 bridgehead atoms. The molecule has 1 aromatic carbocycles. The summed E-state index contributed by atoms with van der Waals surface area (Å²) in [6.07, 6.45) is 0.460. The smallest absolute Gasteiger partial charge is 0.305 e. The van der Waals surface area contributed by atoms with Crippen LogP contribution in [0.15, 0.2) is 21.5 Å². The van der Waals surface area contributed by atoms with Crippen molar-refractivity contribution in [3.63, 3.8) is 0 Å². The van der Waals surface area contributed by atoms with Crippen LogP contribution in [-0.2, 0) is 19.6 Å². The van der Waals surface area contributed by atoms with Gasteiger partial charge in [-0.3, -0.25) is 4.79 Å². The third-order valence-corrected chi connectivity index (χ3v) is 5.23. The molecule has 0 aromatic heterocycles. The molecule has 9 heteroatoms. The van der Waals surface area contributed by atoms with Crippen molar-refractivity contribution in [1.82, 2.24) is 4.72 Å². The Morgan fingerprint density at radius 3 is 2.43 bits per heavy atom. The highest BCUT2D eigenvalue weighted by Gasteiger charge is 2.22. The molecule has 0 unspecified atom stereocenters. The van der Waals surface area contributed by atoms with Gasteiger partial charge in [-0.15, -0.1) is 0 Å². The molecule has 5 nitrogen and oxygen atoms in total.